The molecule has 3 heteroatoms. The van der Waals surface area contributed by atoms with Crippen LogP contribution >= 0.6 is 15.9 Å². The summed E-state index contributed by atoms with van der Waals surface area (Å²) in [7, 11) is 0. The van der Waals surface area contributed by atoms with Crippen LogP contribution in [0.15, 0.2) is 46.9 Å². The molecule has 2 aromatic carbocycles. The van der Waals surface area contributed by atoms with Gasteiger partial charge in [-0.3, -0.25) is 0 Å². The average Bonchev–Trinajstić information content (AvgIpc) is 2.49. The highest BCUT2D eigenvalue weighted by Crippen LogP contribution is 2.33. The van der Waals surface area contributed by atoms with Crippen LogP contribution in [0.1, 0.15) is 50.3 Å². The number of rotatable bonds is 5. The molecule has 0 spiro atoms. The third-order valence-corrected chi connectivity index (χ3v) is 4.06. The van der Waals surface area contributed by atoms with Crippen molar-refractivity contribution < 1.29 is 4.74 Å². The molecule has 0 radical (unpaired) electrons. The third kappa shape index (κ3) is 4.08. The van der Waals surface area contributed by atoms with Gasteiger partial charge in [0, 0.05) is 10.5 Å². The Balaban J connectivity index is 2.22. The molecule has 0 saturated heterocycles. The number of hydrogen-bond acceptors (Lipinski definition) is 2. The van der Waals surface area contributed by atoms with Crippen LogP contribution in [0.3, 0.4) is 0 Å². The van der Waals surface area contributed by atoms with Gasteiger partial charge in [-0.1, -0.05) is 48.8 Å². The van der Waals surface area contributed by atoms with Crippen molar-refractivity contribution >= 4 is 15.9 Å². The van der Waals surface area contributed by atoms with E-state index in [1.165, 1.54) is 5.56 Å². The van der Waals surface area contributed by atoms with Crippen LogP contribution < -0.4 is 10.5 Å². The summed E-state index contributed by atoms with van der Waals surface area (Å²) in [5, 5.41) is 0. The summed E-state index contributed by atoms with van der Waals surface area (Å²) < 4.78 is 7.10. The van der Waals surface area contributed by atoms with E-state index in [4.69, 9.17) is 10.5 Å². The highest BCUT2D eigenvalue weighted by molar-refractivity contribution is 9.10. The Hall–Kier alpha value is -1.32. The van der Waals surface area contributed by atoms with Gasteiger partial charge in [-0.2, -0.15) is 0 Å². The summed E-state index contributed by atoms with van der Waals surface area (Å²) in [6, 6.07) is 14.3. The fraction of sp³-hybridized carbons (Fsp3) is 0.333. The molecule has 1 unspecified atom stereocenters. The molecule has 0 aromatic heterocycles. The van der Waals surface area contributed by atoms with Crippen molar-refractivity contribution in [1.82, 2.24) is 0 Å². The van der Waals surface area contributed by atoms with E-state index < -0.39 is 0 Å². The summed E-state index contributed by atoms with van der Waals surface area (Å²) >= 11 is 3.51. The minimum absolute atomic E-state index is 0.0953. The van der Waals surface area contributed by atoms with E-state index in [1.54, 1.807) is 0 Å². The van der Waals surface area contributed by atoms with Gasteiger partial charge in [0.25, 0.3) is 0 Å². The first-order valence-electron chi connectivity index (χ1n) is 7.34. The Labute approximate surface area is 135 Å². The lowest BCUT2D eigenvalue weighted by Gasteiger charge is -2.15. The van der Waals surface area contributed by atoms with Crippen molar-refractivity contribution in [3.63, 3.8) is 0 Å². The molecule has 21 heavy (non-hydrogen) atoms. The summed E-state index contributed by atoms with van der Waals surface area (Å²) in [6.45, 7) is 6.42. The molecule has 0 bridgehead atoms. The molecule has 0 aliphatic rings. The van der Waals surface area contributed by atoms with Crippen molar-refractivity contribution in [2.75, 3.05) is 0 Å². The zero-order valence-electron chi connectivity index (χ0n) is 12.8. The molecule has 0 saturated carbocycles. The summed E-state index contributed by atoms with van der Waals surface area (Å²) in [5.74, 6) is 2.15. The van der Waals surface area contributed by atoms with E-state index in [2.05, 4.69) is 42.8 Å². The standard InChI is InChI=1S/C18H22BrNO/c1-4-17(20)13-5-8-15(9-6-13)21-18-10-7-14(19)11-16(18)12(2)3/h5-12,17H,4,20H2,1-3H3. The lowest BCUT2D eigenvalue weighted by Crippen LogP contribution is -2.08. The van der Waals surface area contributed by atoms with Crippen LogP contribution in [-0.2, 0) is 0 Å². The van der Waals surface area contributed by atoms with Gasteiger partial charge in [0.1, 0.15) is 11.5 Å². The van der Waals surface area contributed by atoms with Crippen LogP contribution in [0.5, 0.6) is 11.5 Å². The molecule has 1 atom stereocenters. The fourth-order valence-corrected chi connectivity index (χ4v) is 2.59. The van der Waals surface area contributed by atoms with Crippen LogP contribution in [0.25, 0.3) is 0 Å². The number of halogens is 1. The number of nitrogens with two attached hydrogens (primary N) is 1. The Morgan fingerprint density at radius 2 is 1.76 bits per heavy atom. The zero-order chi connectivity index (χ0) is 15.4. The van der Waals surface area contributed by atoms with Crippen molar-refractivity contribution in [3.05, 3.63) is 58.1 Å². The first kappa shape index (κ1) is 16.1. The maximum Gasteiger partial charge on any atom is 0.130 e. The lowest BCUT2D eigenvalue weighted by molar-refractivity contribution is 0.472. The molecule has 2 aromatic rings. The molecule has 112 valence electrons. The molecule has 2 nitrogen and oxygen atoms in total. The summed E-state index contributed by atoms with van der Waals surface area (Å²) in [5.41, 5.74) is 8.37. The van der Waals surface area contributed by atoms with E-state index in [0.29, 0.717) is 5.92 Å². The molecule has 0 heterocycles. The second kappa shape index (κ2) is 7.10. The Kier molecular flexibility index (Phi) is 5.43. The summed E-state index contributed by atoms with van der Waals surface area (Å²) in [4.78, 5) is 0. The Morgan fingerprint density at radius 1 is 1.10 bits per heavy atom. The van der Waals surface area contributed by atoms with Crippen molar-refractivity contribution in [1.29, 1.82) is 0 Å². The Morgan fingerprint density at radius 3 is 2.33 bits per heavy atom. The third-order valence-electron chi connectivity index (χ3n) is 3.57. The molecular formula is C18H22BrNO. The maximum atomic E-state index is 6.03. The van der Waals surface area contributed by atoms with E-state index in [1.807, 2.05) is 36.4 Å². The topological polar surface area (TPSA) is 35.2 Å². The molecule has 2 rings (SSSR count). The molecule has 0 aliphatic carbocycles. The highest BCUT2D eigenvalue weighted by atomic mass is 79.9. The van der Waals surface area contributed by atoms with Gasteiger partial charge in [-0.05, 0) is 53.8 Å². The monoisotopic (exact) mass is 347 g/mol. The normalized spacial score (nSPS) is 12.5. The van der Waals surface area contributed by atoms with Gasteiger partial charge in [0.2, 0.25) is 0 Å². The van der Waals surface area contributed by atoms with Gasteiger partial charge >= 0.3 is 0 Å². The van der Waals surface area contributed by atoms with Gasteiger partial charge in [0.05, 0.1) is 0 Å². The largest absolute Gasteiger partial charge is 0.457 e. The van der Waals surface area contributed by atoms with E-state index in [0.717, 1.165) is 28.0 Å². The van der Waals surface area contributed by atoms with Gasteiger partial charge in [-0.15, -0.1) is 0 Å². The predicted octanol–water partition coefficient (Wildman–Crippen LogP) is 5.77. The van der Waals surface area contributed by atoms with Crippen molar-refractivity contribution in [3.8, 4) is 11.5 Å². The van der Waals surface area contributed by atoms with E-state index >= 15 is 0 Å². The van der Waals surface area contributed by atoms with Crippen LogP contribution in [0, 0.1) is 0 Å². The predicted molar refractivity (Wildman–Crippen MR) is 92.0 cm³/mol. The number of hydrogen-bond donors (Lipinski definition) is 1. The highest BCUT2D eigenvalue weighted by Gasteiger charge is 2.10. The van der Waals surface area contributed by atoms with Gasteiger partial charge in [0.15, 0.2) is 0 Å². The first-order valence-corrected chi connectivity index (χ1v) is 8.13. The molecule has 0 amide bonds. The van der Waals surface area contributed by atoms with Crippen LogP contribution in [-0.4, -0.2) is 0 Å². The SMILES string of the molecule is CCC(N)c1ccc(Oc2ccc(Br)cc2C(C)C)cc1. The molecular weight excluding hydrogens is 326 g/mol. The van der Waals surface area contributed by atoms with E-state index in [9.17, 15) is 0 Å². The van der Waals surface area contributed by atoms with Crippen molar-refractivity contribution in [2.24, 2.45) is 5.73 Å². The number of ether oxygens (including phenoxy) is 1. The van der Waals surface area contributed by atoms with Crippen LogP contribution in [0.2, 0.25) is 0 Å². The number of benzene rings is 2. The minimum atomic E-state index is 0.0953. The smallest absolute Gasteiger partial charge is 0.130 e. The zero-order valence-corrected chi connectivity index (χ0v) is 14.4. The van der Waals surface area contributed by atoms with Crippen LogP contribution in [0.4, 0.5) is 0 Å². The molecule has 2 N–H and O–H groups in total. The van der Waals surface area contributed by atoms with Gasteiger partial charge < -0.3 is 10.5 Å². The van der Waals surface area contributed by atoms with E-state index in [-0.39, 0.29) is 6.04 Å². The minimum Gasteiger partial charge on any atom is -0.457 e. The second-order valence-electron chi connectivity index (χ2n) is 5.52. The average molecular weight is 348 g/mol. The second-order valence-corrected chi connectivity index (χ2v) is 6.44. The lowest BCUT2D eigenvalue weighted by atomic mass is 10.0. The molecule has 0 aliphatic heterocycles. The van der Waals surface area contributed by atoms with Crippen molar-refractivity contribution in [2.45, 2.75) is 39.2 Å². The summed E-state index contributed by atoms with van der Waals surface area (Å²) in [6.07, 6.45) is 0.935. The molecule has 0 fully saturated rings. The first-order chi connectivity index (χ1) is 10.0. The fourth-order valence-electron chi connectivity index (χ4n) is 2.21. The quantitative estimate of drug-likeness (QED) is 0.744. The van der Waals surface area contributed by atoms with Gasteiger partial charge in [-0.25, -0.2) is 0 Å². The maximum absolute atomic E-state index is 6.03. The Bertz CT molecular complexity index is 593.